The molecule has 2 aromatic rings. The number of benzene rings is 1. The number of hydrogen-bond acceptors (Lipinski definition) is 4. The highest BCUT2D eigenvalue weighted by molar-refractivity contribution is 7.15. The molecule has 3 nitrogen and oxygen atoms in total. The van der Waals surface area contributed by atoms with Crippen LogP contribution in [-0.2, 0) is 11.2 Å². The Morgan fingerprint density at radius 1 is 1.06 bits per heavy atom. The van der Waals surface area contributed by atoms with E-state index in [0.29, 0.717) is 23.0 Å². The Bertz CT molecular complexity index is 1040. The van der Waals surface area contributed by atoms with E-state index in [2.05, 4.69) is 32.0 Å². The van der Waals surface area contributed by atoms with Crippen molar-refractivity contribution in [3.05, 3.63) is 34.8 Å². The summed E-state index contributed by atoms with van der Waals surface area (Å²) < 4.78 is 5.44. The molecule has 0 bridgehead atoms. The Kier molecular flexibility index (Phi) is 4.45. The molecule has 1 heterocycles. The summed E-state index contributed by atoms with van der Waals surface area (Å²) in [5.41, 5.74) is 2.86. The minimum Gasteiger partial charge on any atom is -0.497 e. The molecule has 1 aromatic heterocycles. The summed E-state index contributed by atoms with van der Waals surface area (Å²) in [6.45, 7) is 4.88. The van der Waals surface area contributed by atoms with Crippen molar-refractivity contribution < 1.29 is 9.53 Å². The summed E-state index contributed by atoms with van der Waals surface area (Å²) in [6, 6.07) is 8.33. The van der Waals surface area contributed by atoms with Crippen LogP contribution in [-0.4, -0.2) is 17.9 Å². The van der Waals surface area contributed by atoms with Crippen molar-refractivity contribution in [1.29, 1.82) is 0 Å². The van der Waals surface area contributed by atoms with Crippen molar-refractivity contribution in [3.8, 4) is 16.3 Å². The summed E-state index contributed by atoms with van der Waals surface area (Å²) in [6.07, 6.45) is 9.25. The average Bonchev–Trinajstić information content (AvgIpc) is 3.34. The zero-order valence-electron chi connectivity index (χ0n) is 18.9. The van der Waals surface area contributed by atoms with E-state index in [1.807, 2.05) is 17.4 Å². The molecular formula is C27H33NO2S. The zero-order chi connectivity index (χ0) is 21.4. The summed E-state index contributed by atoms with van der Waals surface area (Å²) in [4.78, 5) is 19.4. The predicted octanol–water partition coefficient (Wildman–Crippen LogP) is 6.66. The SMILES string of the molecule is COc1cccc(-c2nc3c(s2)C2CC[C@@H]4[C@H](CC[C@]5(C)C(=O)CC[C@@H]45)[C@@]2(C)CC3)c1. The molecule has 4 aliphatic carbocycles. The number of fused-ring (bicyclic) bond motifs is 7. The molecule has 31 heavy (non-hydrogen) atoms. The number of thiazole rings is 1. The first-order chi connectivity index (χ1) is 14.9. The molecule has 6 atom stereocenters. The molecule has 4 aliphatic rings. The van der Waals surface area contributed by atoms with E-state index in [0.717, 1.165) is 48.3 Å². The lowest BCUT2D eigenvalue weighted by atomic mass is 9.46. The van der Waals surface area contributed by atoms with Gasteiger partial charge in [0.15, 0.2) is 0 Å². The average molecular weight is 436 g/mol. The van der Waals surface area contributed by atoms with Crippen LogP contribution in [0, 0.1) is 28.6 Å². The summed E-state index contributed by atoms with van der Waals surface area (Å²) in [5.74, 6) is 4.24. The Morgan fingerprint density at radius 3 is 2.77 bits per heavy atom. The van der Waals surface area contributed by atoms with Gasteiger partial charge in [-0.3, -0.25) is 4.79 Å². The van der Waals surface area contributed by atoms with E-state index in [9.17, 15) is 4.79 Å². The summed E-state index contributed by atoms with van der Waals surface area (Å²) >= 11 is 1.93. The van der Waals surface area contributed by atoms with E-state index >= 15 is 0 Å². The third-order valence-electron chi connectivity index (χ3n) is 9.84. The van der Waals surface area contributed by atoms with Crippen LogP contribution in [0.4, 0.5) is 0 Å². The maximum atomic E-state index is 12.7. The van der Waals surface area contributed by atoms with Crippen molar-refractivity contribution in [2.45, 2.75) is 71.1 Å². The fourth-order valence-corrected chi connectivity index (χ4v) is 9.50. The lowest BCUT2D eigenvalue weighted by Gasteiger charge is -2.59. The standard InChI is InChI=1S/C27H33NO2S/c1-26-14-12-22-24(31-25(28-22)16-5-4-6-17(15-16)30-3)21(26)8-7-18-19-9-10-23(29)27(19,2)13-11-20(18)26/h4-6,15,18-21H,7-14H2,1-3H3/t18-,19-,20-,21?,26+,27-/m0/s1. The second-order valence-electron chi connectivity index (χ2n) is 11.0. The van der Waals surface area contributed by atoms with Gasteiger partial charge in [0, 0.05) is 28.2 Å². The molecule has 1 unspecified atom stereocenters. The molecule has 4 heteroatoms. The van der Waals surface area contributed by atoms with Crippen LogP contribution in [0.5, 0.6) is 5.75 Å². The van der Waals surface area contributed by atoms with Crippen molar-refractivity contribution in [3.63, 3.8) is 0 Å². The fraction of sp³-hybridized carbons (Fsp3) is 0.630. The normalized spacial score (nSPS) is 38.7. The molecule has 0 radical (unpaired) electrons. The van der Waals surface area contributed by atoms with Crippen LogP contribution in [0.2, 0.25) is 0 Å². The van der Waals surface area contributed by atoms with E-state index in [1.165, 1.54) is 36.9 Å². The molecule has 3 saturated carbocycles. The Morgan fingerprint density at radius 2 is 1.94 bits per heavy atom. The van der Waals surface area contributed by atoms with Gasteiger partial charge in [0.25, 0.3) is 0 Å². The molecule has 0 aliphatic heterocycles. The molecule has 0 amide bonds. The Labute approximate surface area is 189 Å². The number of methoxy groups -OCH3 is 1. The first-order valence-electron chi connectivity index (χ1n) is 12.1. The molecule has 164 valence electrons. The highest BCUT2D eigenvalue weighted by Crippen LogP contribution is 2.67. The monoisotopic (exact) mass is 435 g/mol. The van der Waals surface area contributed by atoms with Crippen LogP contribution in [0.3, 0.4) is 0 Å². The first-order valence-corrected chi connectivity index (χ1v) is 12.9. The van der Waals surface area contributed by atoms with Crippen LogP contribution in [0.1, 0.15) is 75.3 Å². The van der Waals surface area contributed by atoms with Gasteiger partial charge >= 0.3 is 0 Å². The summed E-state index contributed by atoms with van der Waals surface area (Å²) in [7, 11) is 1.73. The number of carbonyl (C=O) groups excluding carboxylic acids is 1. The highest BCUT2D eigenvalue weighted by atomic mass is 32.1. The zero-order valence-corrected chi connectivity index (χ0v) is 19.8. The Balaban J connectivity index is 1.34. The smallest absolute Gasteiger partial charge is 0.139 e. The number of Topliss-reactive ketones (excluding diaryl/α,β-unsaturated/α-hetero) is 1. The van der Waals surface area contributed by atoms with Gasteiger partial charge in [-0.15, -0.1) is 11.3 Å². The lowest BCUT2D eigenvalue weighted by molar-refractivity contribution is -0.134. The van der Waals surface area contributed by atoms with Gasteiger partial charge in [-0.1, -0.05) is 26.0 Å². The maximum Gasteiger partial charge on any atom is 0.139 e. The lowest BCUT2D eigenvalue weighted by Crippen LogP contribution is -2.52. The van der Waals surface area contributed by atoms with Gasteiger partial charge in [0.05, 0.1) is 12.8 Å². The number of ether oxygens (including phenoxy) is 1. The van der Waals surface area contributed by atoms with Crippen molar-refractivity contribution in [1.82, 2.24) is 4.98 Å². The number of aryl methyl sites for hydroxylation is 1. The largest absolute Gasteiger partial charge is 0.497 e. The number of carbonyl (C=O) groups is 1. The number of ketones is 1. The van der Waals surface area contributed by atoms with E-state index in [1.54, 1.807) is 12.0 Å². The van der Waals surface area contributed by atoms with Gasteiger partial charge in [-0.2, -0.15) is 0 Å². The molecule has 1 aromatic carbocycles. The van der Waals surface area contributed by atoms with Crippen LogP contribution in [0.25, 0.3) is 10.6 Å². The number of nitrogens with zero attached hydrogens (tertiary/aromatic N) is 1. The molecule has 0 saturated heterocycles. The minimum absolute atomic E-state index is 0.0196. The van der Waals surface area contributed by atoms with Crippen LogP contribution >= 0.6 is 11.3 Å². The van der Waals surface area contributed by atoms with Crippen LogP contribution in [0.15, 0.2) is 24.3 Å². The quantitative estimate of drug-likeness (QED) is 0.529. The predicted molar refractivity (Wildman–Crippen MR) is 125 cm³/mol. The molecule has 0 N–H and O–H groups in total. The van der Waals surface area contributed by atoms with Crippen molar-refractivity contribution in [2.24, 2.45) is 28.6 Å². The van der Waals surface area contributed by atoms with E-state index in [4.69, 9.17) is 9.72 Å². The van der Waals surface area contributed by atoms with Gasteiger partial charge in [-0.25, -0.2) is 4.98 Å². The van der Waals surface area contributed by atoms with Crippen molar-refractivity contribution >= 4 is 17.1 Å². The Hall–Kier alpha value is -1.68. The highest BCUT2D eigenvalue weighted by Gasteiger charge is 2.60. The van der Waals surface area contributed by atoms with E-state index < -0.39 is 0 Å². The number of rotatable bonds is 2. The van der Waals surface area contributed by atoms with Gasteiger partial charge in [-0.05, 0) is 80.2 Å². The van der Waals surface area contributed by atoms with Gasteiger partial charge in [0.2, 0.25) is 0 Å². The number of aromatic nitrogens is 1. The molecule has 6 rings (SSSR count). The third kappa shape index (κ3) is 2.76. The van der Waals surface area contributed by atoms with Gasteiger partial charge < -0.3 is 4.74 Å². The fourth-order valence-electron chi connectivity index (χ4n) is 8.10. The van der Waals surface area contributed by atoms with Gasteiger partial charge in [0.1, 0.15) is 16.5 Å². The van der Waals surface area contributed by atoms with E-state index in [-0.39, 0.29) is 5.41 Å². The topological polar surface area (TPSA) is 39.2 Å². The van der Waals surface area contributed by atoms with Crippen molar-refractivity contribution in [2.75, 3.05) is 7.11 Å². The first kappa shape index (κ1) is 20.0. The molecular weight excluding hydrogens is 402 g/mol. The second kappa shape index (κ2) is 6.91. The summed E-state index contributed by atoms with van der Waals surface area (Å²) in [5, 5.41) is 1.15. The molecule has 3 fully saturated rings. The third-order valence-corrected chi connectivity index (χ3v) is 11.1. The number of hydrogen-bond donors (Lipinski definition) is 0. The van der Waals surface area contributed by atoms with Crippen LogP contribution < -0.4 is 4.74 Å². The molecule has 0 spiro atoms. The maximum absolute atomic E-state index is 12.7. The minimum atomic E-state index is -0.0196. The second-order valence-corrected chi connectivity index (χ2v) is 12.0.